The molecule has 1 fully saturated rings. The number of rotatable bonds is 2. The van der Waals surface area contributed by atoms with E-state index in [9.17, 15) is 9.18 Å². The van der Waals surface area contributed by atoms with Crippen molar-refractivity contribution < 1.29 is 13.9 Å². The first-order valence-corrected chi connectivity index (χ1v) is 7.29. The van der Waals surface area contributed by atoms with Crippen LogP contribution in [0.1, 0.15) is 32.3 Å². The smallest absolute Gasteiger partial charge is 0.407 e. The SMILES string of the molecule is CC(C)(C)OC(=O)NC1CNCC1c1ccc(Cl)cc1F. The lowest BCUT2D eigenvalue weighted by molar-refractivity contribution is 0.0504. The Kier molecular flexibility index (Phi) is 4.74. The maximum atomic E-state index is 14.0. The molecule has 1 heterocycles. The van der Waals surface area contributed by atoms with Crippen LogP contribution in [0.4, 0.5) is 9.18 Å². The van der Waals surface area contributed by atoms with Crippen LogP contribution in [0.2, 0.25) is 5.02 Å². The summed E-state index contributed by atoms with van der Waals surface area (Å²) in [5.74, 6) is -0.498. The molecule has 6 heteroatoms. The van der Waals surface area contributed by atoms with Crippen molar-refractivity contribution in [2.45, 2.75) is 38.3 Å². The third-order valence-corrected chi connectivity index (χ3v) is 3.51. The highest BCUT2D eigenvalue weighted by molar-refractivity contribution is 6.30. The number of carbonyl (C=O) groups excluding carboxylic acids is 1. The van der Waals surface area contributed by atoms with Crippen LogP contribution in [0.5, 0.6) is 0 Å². The molecule has 4 nitrogen and oxygen atoms in total. The van der Waals surface area contributed by atoms with E-state index in [0.29, 0.717) is 23.7 Å². The molecule has 0 radical (unpaired) electrons. The molecule has 2 rings (SSSR count). The molecule has 1 aromatic rings. The average molecular weight is 315 g/mol. The van der Waals surface area contributed by atoms with Crippen LogP contribution >= 0.6 is 11.6 Å². The Morgan fingerprint density at radius 3 is 2.76 bits per heavy atom. The summed E-state index contributed by atoms with van der Waals surface area (Å²) in [4.78, 5) is 11.9. The number of hydrogen-bond acceptors (Lipinski definition) is 3. The Morgan fingerprint density at radius 2 is 2.14 bits per heavy atom. The van der Waals surface area contributed by atoms with E-state index >= 15 is 0 Å². The summed E-state index contributed by atoms with van der Waals surface area (Å²) in [6, 6.07) is 4.40. The van der Waals surface area contributed by atoms with Gasteiger partial charge in [0.2, 0.25) is 0 Å². The molecule has 0 aromatic heterocycles. The fourth-order valence-corrected chi connectivity index (χ4v) is 2.58. The predicted octanol–water partition coefficient (Wildman–Crippen LogP) is 3.06. The van der Waals surface area contributed by atoms with Crippen molar-refractivity contribution in [1.82, 2.24) is 10.6 Å². The Balaban J connectivity index is 2.08. The minimum atomic E-state index is -0.558. The van der Waals surface area contributed by atoms with Crippen molar-refractivity contribution in [2.75, 3.05) is 13.1 Å². The average Bonchev–Trinajstić information content (AvgIpc) is 2.74. The Hall–Kier alpha value is -1.33. The standard InChI is InChI=1S/C15H20ClFN2O2/c1-15(2,3)21-14(20)19-13-8-18-7-11(13)10-5-4-9(16)6-12(10)17/h4-6,11,13,18H,7-8H2,1-3H3,(H,19,20). The van der Waals surface area contributed by atoms with Gasteiger partial charge in [-0.1, -0.05) is 17.7 Å². The largest absolute Gasteiger partial charge is 0.444 e. The first-order valence-electron chi connectivity index (χ1n) is 6.91. The quantitative estimate of drug-likeness (QED) is 0.882. The molecular formula is C15H20ClFN2O2. The zero-order valence-corrected chi connectivity index (χ0v) is 13.1. The second-order valence-electron chi connectivity index (χ2n) is 6.18. The minimum Gasteiger partial charge on any atom is -0.444 e. The Morgan fingerprint density at radius 1 is 1.43 bits per heavy atom. The highest BCUT2D eigenvalue weighted by Crippen LogP contribution is 2.27. The van der Waals surface area contributed by atoms with Crippen LogP contribution in [0.3, 0.4) is 0 Å². The molecule has 2 atom stereocenters. The van der Waals surface area contributed by atoms with E-state index in [4.69, 9.17) is 16.3 Å². The fourth-order valence-electron chi connectivity index (χ4n) is 2.42. The van der Waals surface area contributed by atoms with Crippen LogP contribution < -0.4 is 10.6 Å². The molecule has 1 aliphatic rings. The van der Waals surface area contributed by atoms with Gasteiger partial charge in [0.25, 0.3) is 0 Å². The second-order valence-corrected chi connectivity index (χ2v) is 6.62. The molecule has 1 aliphatic heterocycles. The normalized spacial score (nSPS) is 22.1. The molecule has 0 spiro atoms. The van der Waals surface area contributed by atoms with Crippen LogP contribution in [0.25, 0.3) is 0 Å². The van der Waals surface area contributed by atoms with E-state index in [1.54, 1.807) is 32.9 Å². The molecule has 0 saturated carbocycles. The highest BCUT2D eigenvalue weighted by atomic mass is 35.5. The maximum Gasteiger partial charge on any atom is 0.407 e. The van der Waals surface area contributed by atoms with Crippen LogP contribution in [-0.4, -0.2) is 30.8 Å². The van der Waals surface area contributed by atoms with Gasteiger partial charge in [-0.3, -0.25) is 0 Å². The summed E-state index contributed by atoms with van der Waals surface area (Å²) >= 11 is 5.77. The molecule has 2 N–H and O–H groups in total. The number of benzene rings is 1. The number of ether oxygens (including phenoxy) is 1. The molecule has 1 aromatic carbocycles. The zero-order valence-electron chi connectivity index (χ0n) is 12.4. The summed E-state index contributed by atoms with van der Waals surface area (Å²) in [7, 11) is 0. The summed E-state index contributed by atoms with van der Waals surface area (Å²) in [5, 5.41) is 6.32. The van der Waals surface area contributed by atoms with Crippen molar-refractivity contribution in [3.63, 3.8) is 0 Å². The van der Waals surface area contributed by atoms with Gasteiger partial charge in [0.15, 0.2) is 0 Å². The molecule has 116 valence electrons. The molecule has 1 saturated heterocycles. The number of alkyl carbamates (subject to hydrolysis) is 1. The summed E-state index contributed by atoms with van der Waals surface area (Å²) in [6.45, 7) is 6.58. The minimum absolute atomic E-state index is 0.144. The lowest BCUT2D eigenvalue weighted by atomic mass is 9.94. The van der Waals surface area contributed by atoms with Gasteiger partial charge < -0.3 is 15.4 Å². The van der Waals surface area contributed by atoms with Crippen LogP contribution in [-0.2, 0) is 4.74 Å². The number of carbonyl (C=O) groups is 1. The van der Waals surface area contributed by atoms with Crippen LogP contribution in [0.15, 0.2) is 18.2 Å². The topological polar surface area (TPSA) is 50.4 Å². The van der Waals surface area contributed by atoms with Gasteiger partial charge >= 0.3 is 6.09 Å². The van der Waals surface area contributed by atoms with Gasteiger partial charge in [0, 0.05) is 24.0 Å². The van der Waals surface area contributed by atoms with Crippen molar-refractivity contribution >= 4 is 17.7 Å². The lowest BCUT2D eigenvalue weighted by Gasteiger charge is -2.24. The molecule has 1 amide bonds. The van der Waals surface area contributed by atoms with Gasteiger partial charge in [0.1, 0.15) is 11.4 Å². The van der Waals surface area contributed by atoms with E-state index in [-0.39, 0.29) is 17.8 Å². The lowest BCUT2D eigenvalue weighted by Crippen LogP contribution is -2.42. The molecule has 21 heavy (non-hydrogen) atoms. The summed E-state index contributed by atoms with van der Waals surface area (Å²) in [5.41, 5.74) is -0.0117. The van der Waals surface area contributed by atoms with E-state index < -0.39 is 11.7 Å². The molecule has 0 aliphatic carbocycles. The fraction of sp³-hybridized carbons (Fsp3) is 0.533. The third-order valence-electron chi connectivity index (χ3n) is 3.28. The summed E-state index contributed by atoms with van der Waals surface area (Å²) in [6.07, 6.45) is -0.490. The molecule has 2 unspecified atom stereocenters. The Bertz CT molecular complexity index is 531. The first-order chi connectivity index (χ1) is 9.76. The molecule has 0 bridgehead atoms. The highest BCUT2D eigenvalue weighted by Gasteiger charge is 2.32. The number of amides is 1. The second kappa shape index (κ2) is 6.20. The van der Waals surface area contributed by atoms with Gasteiger partial charge in [-0.05, 0) is 38.5 Å². The zero-order chi connectivity index (χ0) is 15.6. The first kappa shape index (κ1) is 16.0. The van der Waals surface area contributed by atoms with E-state index in [0.717, 1.165) is 0 Å². The van der Waals surface area contributed by atoms with E-state index in [2.05, 4.69) is 10.6 Å². The van der Waals surface area contributed by atoms with E-state index in [1.165, 1.54) is 6.07 Å². The van der Waals surface area contributed by atoms with E-state index in [1.807, 2.05) is 0 Å². The van der Waals surface area contributed by atoms with Crippen molar-refractivity contribution in [3.05, 3.63) is 34.6 Å². The van der Waals surface area contributed by atoms with Crippen molar-refractivity contribution in [3.8, 4) is 0 Å². The van der Waals surface area contributed by atoms with Crippen molar-refractivity contribution in [1.29, 1.82) is 0 Å². The molecular weight excluding hydrogens is 295 g/mol. The monoisotopic (exact) mass is 314 g/mol. The van der Waals surface area contributed by atoms with Gasteiger partial charge in [0.05, 0.1) is 6.04 Å². The number of halogens is 2. The van der Waals surface area contributed by atoms with Gasteiger partial charge in [-0.25, -0.2) is 9.18 Å². The number of hydrogen-bond donors (Lipinski definition) is 2. The maximum absolute atomic E-state index is 14.0. The van der Waals surface area contributed by atoms with Crippen molar-refractivity contribution in [2.24, 2.45) is 0 Å². The third kappa shape index (κ3) is 4.32. The summed E-state index contributed by atoms with van der Waals surface area (Å²) < 4.78 is 19.3. The van der Waals surface area contributed by atoms with Gasteiger partial charge in [-0.2, -0.15) is 0 Å². The predicted molar refractivity (Wildman–Crippen MR) is 80.2 cm³/mol. The number of nitrogens with one attached hydrogen (secondary N) is 2. The van der Waals surface area contributed by atoms with Crippen LogP contribution in [0, 0.1) is 5.82 Å². The van der Waals surface area contributed by atoms with Gasteiger partial charge in [-0.15, -0.1) is 0 Å². The Labute approximate surface area is 129 Å².